The second-order valence-electron chi connectivity index (χ2n) is 4.52. The highest BCUT2D eigenvalue weighted by atomic mass is 32.2. The average molecular weight is 314 g/mol. The Bertz CT molecular complexity index is 754. The molecule has 2 heterocycles. The SMILES string of the molecule is O=C([O-])CSc1nnc(-c2ccco2)n1Cc1ccccc1. The molecule has 0 fully saturated rings. The quantitative estimate of drug-likeness (QED) is 0.640. The molecule has 6 nitrogen and oxygen atoms in total. The van der Waals surface area contributed by atoms with Crippen molar-refractivity contribution < 1.29 is 14.3 Å². The van der Waals surface area contributed by atoms with Crippen molar-refractivity contribution in [2.45, 2.75) is 11.7 Å². The molecule has 0 radical (unpaired) electrons. The Labute approximate surface area is 130 Å². The number of rotatable bonds is 6. The lowest BCUT2D eigenvalue weighted by Crippen LogP contribution is -2.24. The van der Waals surface area contributed by atoms with E-state index in [1.165, 1.54) is 0 Å². The molecule has 0 unspecified atom stereocenters. The number of thioether (sulfide) groups is 1. The number of hydrogen-bond acceptors (Lipinski definition) is 6. The Hall–Kier alpha value is -2.54. The normalized spacial score (nSPS) is 10.7. The third kappa shape index (κ3) is 3.20. The molecule has 0 aliphatic heterocycles. The van der Waals surface area contributed by atoms with Crippen LogP contribution >= 0.6 is 11.8 Å². The fourth-order valence-corrected chi connectivity index (χ4v) is 2.67. The van der Waals surface area contributed by atoms with E-state index >= 15 is 0 Å². The van der Waals surface area contributed by atoms with Crippen LogP contribution in [0.25, 0.3) is 11.6 Å². The number of nitrogens with zero attached hydrogens (tertiary/aromatic N) is 3. The van der Waals surface area contributed by atoms with Crippen molar-refractivity contribution in [1.82, 2.24) is 14.8 Å². The summed E-state index contributed by atoms with van der Waals surface area (Å²) in [6.07, 6.45) is 1.56. The van der Waals surface area contributed by atoms with Crippen LogP contribution in [0.3, 0.4) is 0 Å². The van der Waals surface area contributed by atoms with Crippen molar-refractivity contribution in [3.05, 3.63) is 54.3 Å². The summed E-state index contributed by atoms with van der Waals surface area (Å²) in [6, 6.07) is 13.4. The maximum atomic E-state index is 10.7. The Balaban J connectivity index is 1.95. The molecule has 2 aromatic heterocycles. The fraction of sp³-hybridized carbons (Fsp3) is 0.133. The molecular weight excluding hydrogens is 302 g/mol. The minimum atomic E-state index is -1.14. The van der Waals surface area contributed by atoms with Crippen LogP contribution in [0.4, 0.5) is 0 Å². The van der Waals surface area contributed by atoms with Crippen LogP contribution in [-0.4, -0.2) is 26.5 Å². The van der Waals surface area contributed by atoms with Gasteiger partial charge in [-0.3, -0.25) is 4.57 Å². The molecule has 0 amide bonds. The van der Waals surface area contributed by atoms with Crippen LogP contribution in [0.2, 0.25) is 0 Å². The third-order valence-electron chi connectivity index (χ3n) is 2.96. The fourth-order valence-electron chi connectivity index (χ4n) is 2.02. The van der Waals surface area contributed by atoms with Crippen LogP contribution < -0.4 is 5.11 Å². The molecule has 0 saturated carbocycles. The highest BCUT2D eigenvalue weighted by molar-refractivity contribution is 7.99. The second-order valence-corrected chi connectivity index (χ2v) is 5.46. The van der Waals surface area contributed by atoms with Crippen LogP contribution in [0.1, 0.15) is 5.56 Å². The minimum Gasteiger partial charge on any atom is -0.549 e. The van der Waals surface area contributed by atoms with Crippen LogP contribution in [0.15, 0.2) is 58.3 Å². The smallest absolute Gasteiger partial charge is 0.200 e. The van der Waals surface area contributed by atoms with Gasteiger partial charge in [0.15, 0.2) is 10.9 Å². The summed E-state index contributed by atoms with van der Waals surface area (Å²) < 4.78 is 7.21. The molecule has 0 saturated heterocycles. The maximum absolute atomic E-state index is 10.7. The molecule has 0 aliphatic carbocycles. The van der Waals surface area contributed by atoms with E-state index in [1.807, 2.05) is 34.9 Å². The van der Waals surface area contributed by atoms with Crippen molar-refractivity contribution in [2.24, 2.45) is 0 Å². The molecular formula is C15H12N3O3S-. The molecule has 1 aromatic carbocycles. The van der Waals surface area contributed by atoms with Gasteiger partial charge in [0.05, 0.1) is 18.8 Å². The Kier molecular flexibility index (Phi) is 4.24. The number of hydrogen-bond donors (Lipinski definition) is 0. The van der Waals surface area contributed by atoms with E-state index in [9.17, 15) is 9.90 Å². The van der Waals surface area contributed by atoms with Crippen molar-refractivity contribution >= 4 is 17.7 Å². The van der Waals surface area contributed by atoms with Gasteiger partial charge in [0.25, 0.3) is 0 Å². The predicted molar refractivity (Wildman–Crippen MR) is 79.0 cm³/mol. The molecule has 3 aromatic rings. The molecule has 7 heteroatoms. The first-order chi connectivity index (χ1) is 10.7. The van der Waals surface area contributed by atoms with Crippen LogP contribution in [0, 0.1) is 0 Å². The molecule has 0 aliphatic rings. The number of carbonyl (C=O) groups excluding carboxylic acids is 1. The first-order valence-electron chi connectivity index (χ1n) is 6.57. The summed E-state index contributed by atoms with van der Waals surface area (Å²) in [5.41, 5.74) is 1.06. The second kappa shape index (κ2) is 6.48. The van der Waals surface area contributed by atoms with Gasteiger partial charge in [0.2, 0.25) is 5.82 Å². The van der Waals surface area contributed by atoms with E-state index < -0.39 is 5.97 Å². The Morgan fingerprint density at radius 1 is 1.18 bits per heavy atom. The van der Waals surface area contributed by atoms with Gasteiger partial charge < -0.3 is 14.3 Å². The van der Waals surface area contributed by atoms with E-state index in [-0.39, 0.29) is 5.75 Å². The van der Waals surface area contributed by atoms with Gasteiger partial charge in [0, 0.05) is 5.75 Å². The number of carboxylic acids is 1. The molecule has 22 heavy (non-hydrogen) atoms. The van der Waals surface area contributed by atoms with Gasteiger partial charge in [-0.2, -0.15) is 0 Å². The maximum Gasteiger partial charge on any atom is 0.200 e. The van der Waals surface area contributed by atoms with Crippen molar-refractivity contribution in [2.75, 3.05) is 5.75 Å². The van der Waals surface area contributed by atoms with Gasteiger partial charge in [-0.1, -0.05) is 42.1 Å². The lowest BCUT2D eigenvalue weighted by molar-refractivity contribution is -0.301. The third-order valence-corrected chi connectivity index (χ3v) is 3.90. The van der Waals surface area contributed by atoms with E-state index in [2.05, 4.69) is 10.2 Å². The summed E-state index contributed by atoms with van der Waals surface area (Å²) in [6.45, 7) is 0.527. The molecule has 0 N–H and O–H groups in total. The summed E-state index contributed by atoms with van der Waals surface area (Å²) in [5.74, 6) is -0.164. The molecule has 3 rings (SSSR count). The number of furan rings is 1. The van der Waals surface area contributed by atoms with Gasteiger partial charge in [-0.05, 0) is 17.7 Å². The Morgan fingerprint density at radius 2 is 2.00 bits per heavy atom. The summed E-state index contributed by atoms with van der Waals surface area (Å²) in [5, 5.41) is 19.4. The van der Waals surface area contributed by atoms with Crippen molar-refractivity contribution in [3.63, 3.8) is 0 Å². The topological polar surface area (TPSA) is 84.0 Å². The zero-order valence-electron chi connectivity index (χ0n) is 11.5. The first kappa shape index (κ1) is 14.4. The lowest BCUT2D eigenvalue weighted by atomic mass is 10.2. The number of aromatic nitrogens is 3. The lowest BCUT2D eigenvalue weighted by Gasteiger charge is -2.09. The number of aliphatic carboxylic acids is 1. The molecule has 0 bridgehead atoms. The van der Waals surface area contributed by atoms with Gasteiger partial charge >= 0.3 is 0 Å². The zero-order valence-corrected chi connectivity index (χ0v) is 12.3. The number of benzene rings is 1. The monoisotopic (exact) mass is 314 g/mol. The summed E-state index contributed by atoms with van der Waals surface area (Å²) in [7, 11) is 0. The highest BCUT2D eigenvalue weighted by Gasteiger charge is 2.16. The molecule has 112 valence electrons. The predicted octanol–water partition coefficient (Wildman–Crippen LogP) is 1.43. The minimum absolute atomic E-state index is 0.176. The largest absolute Gasteiger partial charge is 0.549 e. The number of carboxylic acid groups (broad SMARTS) is 1. The van der Waals surface area contributed by atoms with Gasteiger partial charge in [-0.25, -0.2) is 0 Å². The van der Waals surface area contributed by atoms with Crippen molar-refractivity contribution in [1.29, 1.82) is 0 Å². The average Bonchev–Trinajstić information content (AvgIpc) is 3.16. The Morgan fingerprint density at radius 3 is 2.68 bits per heavy atom. The van der Waals surface area contributed by atoms with Crippen LogP contribution in [-0.2, 0) is 11.3 Å². The van der Waals surface area contributed by atoms with E-state index in [0.717, 1.165) is 17.3 Å². The van der Waals surface area contributed by atoms with Crippen LogP contribution in [0.5, 0.6) is 0 Å². The summed E-state index contributed by atoms with van der Waals surface area (Å²) in [4.78, 5) is 10.7. The van der Waals surface area contributed by atoms with E-state index in [0.29, 0.717) is 23.3 Å². The van der Waals surface area contributed by atoms with Crippen molar-refractivity contribution in [3.8, 4) is 11.6 Å². The van der Waals surface area contributed by atoms with Gasteiger partial charge in [0.1, 0.15) is 0 Å². The molecule has 0 atom stereocenters. The number of carbonyl (C=O) groups is 1. The zero-order chi connectivity index (χ0) is 15.4. The van der Waals surface area contributed by atoms with E-state index in [4.69, 9.17) is 4.42 Å². The first-order valence-corrected chi connectivity index (χ1v) is 7.56. The highest BCUT2D eigenvalue weighted by Crippen LogP contribution is 2.25. The molecule has 0 spiro atoms. The van der Waals surface area contributed by atoms with Gasteiger partial charge in [-0.15, -0.1) is 10.2 Å². The standard InChI is InChI=1S/C15H13N3O3S/c19-13(20)10-22-15-17-16-14(12-7-4-8-21-12)18(15)9-11-5-2-1-3-6-11/h1-8H,9-10H2,(H,19,20)/p-1. The summed E-state index contributed by atoms with van der Waals surface area (Å²) >= 11 is 1.08. The van der Waals surface area contributed by atoms with E-state index in [1.54, 1.807) is 18.4 Å².